The molecule has 4 aromatic rings. The molecule has 2 amide bonds. The van der Waals surface area contributed by atoms with Crippen LogP contribution >= 0.6 is 11.6 Å². The lowest BCUT2D eigenvalue weighted by Crippen LogP contribution is -2.31. The minimum atomic E-state index is -0.504. The highest BCUT2D eigenvalue weighted by Gasteiger charge is 2.18. The molecule has 1 aliphatic carbocycles. The summed E-state index contributed by atoms with van der Waals surface area (Å²) in [5.74, 6) is 0.424. The normalized spacial score (nSPS) is 12.8. The molecule has 0 unspecified atom stereocenters. The van der Waals surface area contributed by atoms with Crippen LogP contribution in [0.5, 0.6) is 5.75 Å². The van der Waals surface area contributed by atoms with Gasteiger partial charge in [-0.05, 0) is 73.7 Å². The van der Waals surface area contributed by atoms with Gasteiger partial charge in [-0.3, -0.25) is 9.78 Å². The average Bonchev–Trinajstić information content (AvgIpc) is 3.28. The molecule has 2 aromatic carbocycles. The fourth-order valence-electron chi connectivity index (χ4n) is 4.88. The third-order valence-corrected chi connectivity index (χ3v) is 6.83. The van der Waals surface area contributed by atoms with Crippen LogP contribution in [0.3, 0.4) is 0 Å². The summed E-state index contributed by atoms with van der Waals surface area (Å²) in [6, 6.07) is 13.3. The smallest absolute Gasteiger partial charge is 0.410 e. The number of carbonyl (C=O) groups is 2. The molecule has 0 radical (unpaired) electrons. The molecule has 9 heteroatoms. The fourth-order valence-corrected chi connectivity index (χ4v) is 5.05. The van der Waals surface area contributed by atoms with Gasteiger partial charge in [-0.15, -0.1) is 0 Å². The van der Waals surface area contributed by atoms with Crippen LogP contribution in [0, 0.1) is 0 Å². The number of fused-ring (bicyclic) bond motifs is 3. The van der Waals surface area contributed by atoms with Gasteiger partial charge in [0.25, 0.3) is 0 Å². The summed E-state index contributed by atoms with van der Waals surface area (Å²) in [4.78, 5) is 28.4. The average molecular weight is 520 g/mol. The lowest BCUT2D eigenvalue weighted by Gasteiger charge is -2.22. The summed E-state index contributed by atoms with van der Waals surface area (Å²) in [5, 5.41) is 11.8. The Morgan fingerprint density at radius 1 is 1.03 bits per heavy atom. The summed E-state index contributed by atoms with van der Waals surface area (Å²) >= 11 is 6.28. The van der Waals surface area contributed by atoms with Gasteiger partial charge in [0.2, 0.25) is 5.91 Å². The van der Waals surface area contributed by atoms with Gasteiger partial charge in [-0.2, -0.15) is 0 Å². The molecule has 8 nitrogen and oxygen atoms in total. The maximum Gasteiger partial charge on any atom is 0.412 e. The Hall–Kier alpha value is -3.78. The zero-order valence-corrected chi connectivity index (χ0v) is 21.5. The van der Waals surface area contributed by atoms with E-state index in [9.17, 15) is 9.59 Å². The molecule has 0 fully saturated rings. The summed E-state index contributed by atoms with van der Waals surface area (Å²) < 4.78 is 7.55. The minimum absolute atomic E-state index is 0.0498. The Bertz CT molecular complexity index is 1470. The highest BCUT2D eigenvalue weighted by atomic mass is 35.5. The molecule has 2 aromatic heterocycles. The van der Waals surface area contributed by atoms with Gasteiger partial charge < -0.3 is 25.3 Å². The maximum absolute atomic E-state index is 12.4. The van der Waals surface area contributed by atoms with Crippen LogP contribution in [-0.4, -0.2) is 41.2 Å². The molecule has 3 N–H and O–H groups in total. The van der Waals surface area contributed by atoms with E-state index in [2.05, 4.69) is 20.5 Å². The lowest BCUT2D eigenvalue weighted by molar-refractivity contribution is -0.118. The standard InChI is InChI=1S/C28H30ClN5O3/c1-18(35)30-13-15-34-14-10-19-16-21(7-9-26(19)34)37-28(36)32-12-11-31-27-22-4-2-3-5-24(22)33-25-8-6-20(29)17-23(25)27/h6-10,14,16-17H,2-5,11-13,15H2,1H3,(H,30,35)(H,31,33)(H,32,36). The van der Waals surface area contributed by atoms with Gasteiger partial charge in [-0.1, -0.05) is 11.6 Å². The molecule has 1 aliphatic rings. The first kappa shape index (κ1) is 24.9. The van der Waals surface area contributed by atoms with E-state index in [1.807, 2.05) is 42.6 Å². The van der Waals surface area contributed by atoms with Crippen molar-refractivity contribution in [3.63, 3.8) is 0 Å². The first-order chi connectivity index (χ1) is 18.0. The third-order valence-electron chi connectivity index (χ3n) is 6.60. The largest absolute Gasteiger partial charge is 0.412 e. The van der Waals surface area contributed by atoms with E-state index in [1.54, 1.807) is 6.07 Å². The van der Waals surface area contributed by atoms with Crippen LogP contribution in [0.25, 0.3) is 21.8 Å². The van der Waals surface area contributed by atoms with Crippen LogP contribution in [0.4, 0.5) is 10.5 Å². The Morgan fingerprint density at radius 3 is 2.76 bits per heavy atom. The Kier molecular flexibility index (Phi) is 7.46. The van der Waals surface area contributed by atoms with Crippen molar-refractivity contribution in [2.45, 2.75) is 39.2 Å². The van der Waals surface area contributed by atoms with E-state index in [4.69, 9.17) is 21.3 Å². The highest BCUT2D eigenvalue weighted by Crippen LogP contribution is 2.34. The molecule has 2 heterocycles. The number of ether oxygens (including phenoxy) is 1. The van der Waals surface area contributed by atoms with Crippen LogP contribution < -0.4 is 20.7 Å². The van der Waals surface area contributed by atoms with Crippen molar-refractivity contribution in [1.29, 1.82) is 0 Å². The molecule has 0 spiro atoms. The molecule has 5 rings (SSSR count). The van der Waals surface area contributed by atoms with Crippen molar-refractivity contribution in [3.05, 3.63) is 64.9 Å². The monoisotopic (exact) mass is 519 g/mol. The number of hydrogen-bond acceptors (Lipinski definition) is 5. The van der Waals surface area contributed by atoms with Gasteiger partial charge in [-0.25, -0.2) is 4.79 Å². The quantitative estimate of drug-likeness (QED) is 0.283. The molecule has 0 saturated carbocycles. The molecular formula is C28H30ClN5O3. The Morgan fingerprint density at radius 2 is 1.89 bits per heavy atom. The van der Waals surface area contributed by atoms with Crippen LogP contribution in [0.15, 0.2) is 48.7 Å². The van der Waals surface area contributed by atoms with Gasteiger partial charge in [0.05, 0.1) is 5.52 Å². The number of anilines is 1. The number of aromatic nitrogens is 2. The predicted molar refractivity (Wildman–Crippen MR) is 147 cm³/mol. The first-order valence-corrected chi connectivity index (χ1v) is 13.0. The second kappa shape index (κ2) is 11.1. The molecule has 0 saturated heterocycles. The van der Waals surface area contributed by atoms with Crippen molar-refractivity contribution < 1.29 is 14.3 Å². The maximum atomic E-state index is 12.4. The SMILES string of the molecule is CC(=O)NCCn1ccc2cc(OC(=O)NCCNc3c4c(nc5ccc(Cl)cc35)CCCC4)ccc21. The van der Waals surface area contributed by atoms with E-state index < -0.39 is 6.09 Å². The summed E-state index contributed by atoms with van der Waals surface area (Å²) in [5.41, 5.74) is 5.40. The lowest BCUT2D eigenvalue weighted by atomic mass is 9.92. The van der Waals surface area contributed by atoms with E-state index in [1.165, 1.54) is 12.5 Å². The zero-order chi connectivity index (χ0) is 25.8. The number of rotatable bonds is 8. The Labute approximate surface area is 220 Å². The van der Waals surface area contributed by atoms with Crippen LogP contribution in [-0.2, 0) is 24.2 Å². The number of halogens is 1. The van der Waals surface area contributed by atoms with Gasteiger partial charge >= 0.3 is 6.09 Å². The Balaban J connectivity index is 1.18. The number of carbonyl (C=O) groups excluding carboxylic acids is 2. The predicted octanol–water partition coefficient (Wildman–Crippen LogP) is 5.06. The van der Waals surface area contributed by atoms with Crippen molar-refractivity contribution in [2.24, 2.45) is 0 Å². The molecule has 0 atom stereocenters. The fraction of sp³-hybridized carbons (Fsp3) is 0.321. The van der Waals surface area contributed by atoms with E-state index in [0.717, 1.165) is 58.9 Å². The molecule has 0 bridgehead atoms. The van der Waals surface area contributed by atoms with Crippen molar-refractivity contribution in [3.8, 4) is 5.75 Å². The van der Waals surface area contributed by atoms with Gasteiger partial charge in [0.15, 0.2) is 0 Å². The van der Waals surface area contributed by atoms with Crippen molar-refractivity contribution in [2.75, 3.05) is 25.0 Å². The number of hydrogen-bond donors (Lipinski definition) is 3. The number of nitrogens with one attached hydrogen (secondary N) is 3. The second-order valence-corrected chi connectivity index (χ2v) is 9.67. The minimum Gasteiger partial charge on any atom is -0.410 e. The van der Waals surface area contributed by atoms with E-state index in [-0.39, 0.29) is 5.91 Å². The number of benzene rings is 2. The van der Waals surface area contributed by atoms with Crippen LogP contribution in [0.1, 0.15) is 31.0 Å². The first-order valence-electron chi connectivity index (χ1n) is 12.6. The third kappa shape index (κ3) is 5.80. The summed E-state index contributed by atoms with van der Waals surface area (Å²) in [6.45, 7) is 3.67. The van der Waals surface area contributed by atoms with Crippen LogP contribution in [0.2, 0.25) is 5.02 Å². The van der Waals surface area contributed by atoms with E-state index >= 15 is 0 Å². The van der Waals surface area contributed by atoms with Gasteiger partial charge in [0.1, 0.15) is 5.75 Å². The van der Waals surface area contributed by atoms with E-state index in [0.29, 0.717) is 37.0 Å². The zero-order valence-electron chi connectivity index (χ0n) is 20.8. The van der Waals surface area contributed by atoms with Gasteiger partial charge in [0, 0.05) is 72.0 Å². The number of pyridine rings is 1. The van der Waals surface area contributed by atoms with Crippen molar-refractivity contribution in [1.82, 2.24) is 20.2 Å². The summed E-state index contributed by atoms with van der Waals surface area (Å²) in [6.07, 6.45) is 5.71. The molecule has 37 heavy (non-hydrogen) atoms. The van der Waals surface area contributed by atoms with Crippen molar-refractivity contribution >= 4 is 51.1 Å². The second-order valence-electron chi connectivity index (χ2n) is 9.24. The molecule has 192 valence electrons. The summed E-state index contributed by atoms with van der Waals surface area (Å²) in [7, 11) is 0. The molecule has 0 aliphatic heterocycles. The number of nitrogens with zero attached hydrogens (tertiary/aromatic N) is 2. The topological polar surface area (TPSA) is 97.3 Å². The number of aryl methyl sites for hydroxylation is 1. The highest BCUT2D eigenvalue weighted by molar-refractivity contribution is 6.31. The number of amides is 2. The molecular weight excluding hydrogens is 490 g/mol.